The second-order valence-electron chi connectivity index (χ2n) is 6.75. The minimum Gasteiger partial charge on any atom is -0.497 e. The molecule has 154 valence electrons. The van der Waals surface area contributed by atoms with Gasteiger partial charge in [0.1, 0.15) is 11.5 Å². The van der Waals surface area contributed by atoms with Crippen molar-refractivity contribution in [3.8, 4) is 11.5 Å². The summed E-state index contributed by atoms with van der Waals surface area (Å²) < 4.78 is 10.4. The lowest BCUT2D eigenvalue weighted by atomic mass is 10.1. The van der Waals surface area contributed by atoms with Crippen LogP contribution in [0.1, 0.15) is 71.1 Å². The predicted molar refractivity (Wildman–Crippen MR) is 118 cm³/mol. The number of rotatable bonds is 15. The first-order valence-corrected chi connectivity index (χ1v) is 10.6. The van der Waals surface area contributed by atoms with Crippen LogP contribution >= 0.6 is 0 Å². The molecule has 1 rings (SSSR count). The monoisotopic (exact) mass is 384 g/mol. The molecule has 0 atom stereocenters. The number of allylic oxidation sites excluding steroid dienone is 6. The molecule has 0 spiro atoms. The third-order valence-corrected chi connectivity index (χ3v) is 4.32. The van der Waals surface area contributed by atoms with E-state index in [0.29, 0.717) is 12.2 Å². The Kier molecular flexibility index (Phi) is 14.3. The zero-order valence-corrected chi connectivity index (χ0v) is 17.6. The van der Waals surface area contributed by atoms with Gasteiger partial charge in [-0.1, -0.05) is 62.6 Å². The Morgan fingerprint density at radius 3 is 2.04 bits per heavy atom. The van der Waals surface area contributed by atoms with Crippen LogP contribution in [0.15, 0.2) is 60.7 Å². The van der Waals surface area contributed by atoms with E-state index in [1.165, 1.54) is 19.3 Å². The molecule has 0 radical (unpaired) electrons. The van der Waals surface area contributed by atoms with Gasteiger partial charge in [-0.3, -0.25) is 4.79 Å². The molecule has 0 amide bonds. The van der Waals surface area contributed by atoms with Crippen molar-refractivity contribution >= 4 is 5.97 Å². The lowest BCUT2D eigenvalue weighted by Gasteiger charge is -2.05. The van der Waals surface area contributed by atoms with E-state index in [9.17, 15) is 4.79 Å². The molecule has 0 saturated heterocycles. The Morgan fingerprint density at radius 1 is 0.786 bits per heavy atom. The van der Waals surface area contributed by atoms with E-state index in [4.69, 9.17) is 9.47 Å². The Bertz CT molecular complexity index is 597. The molecule has 0 unspecified atom stereocenters. The van der Waals surface area contributed by atoms with Crippen molar-refractivity contribution in [3.63, 3.8) is 0 Å². The molecule has 3 nitrogen and oxygen atoms in total. The van der Waals surface area contributed by atoms with Crippen LogP contribution in [0.5, 0.6) is 11.5 Å². The highest BCUT2D eigenvalue weighted by molar-refractivity contribution is 5.72. The third-order valence-electron chi connectivity index (χ3n) is 4.32. The van der Waals surface area contributed by atoms with Crippen LogP contribution < -0.4 is 9.47 Å². The van der Waals surface area contributed by atoms with Gasteiger partial charge in [0, 0.05) is 6.42 Å². The highest BCUT2D eigenvalue weighted by Gasteiger charge is 2.04. The smallest absolute Gasteiger partial charge is 0.311 e. The molecule has 0 fully saturated rings. The fourth-order valence-corrected chi connectivity index (χ4v) is 2.71. The van der Waals surface area contributed by atoms with Gasteiger partial charge in [-0.25, -0.2) is 0 Å². The van der Waals surface area contributed by atoms with Crippen molar-refractivity contribution in [2.45, 2.75) is 71.1 Å². The van der Waals surface area contributed by atoms with E-state index in [2.05, 4.69) is 43.4 Å². The first-order valence-electron chi connectivity index (χ1n) is 10.6. The largest absolute Gasteiger partial charge is 0.497 e. The lowest BCUT2D eigenvalue weighted by molar-refractivity contribution is -0.134. The molecule has 0 aromatic heterocycles. The second-order valence-corrected chi connectivity index (χ2v) is 6.75. The average molecular weight is 385 g/mol. The van der Waals surface area contributed by atoms with Gasteiger partial charge in [-0.05, 0) is 62.8 Å². The maximum absolute atomic E-state index is 11.8. The van der Waals surface area contributed by atoms with Crippen LogP contribution in [0.4, 0.5) is 0 Å². The molecule has 0 N–H and O–H groups in total. The average Bonchev–Trinajstić information content (AvgIpc) is 2.71. The molecule has 1 aromatic rings. The Labute approximate surface area is 171 Å². The fourth-order valence-electron chi connectivity index (χ4n) is 2.71. The van der Waals surface area contributed by atoms with Crippen molar-refractivity contribution in [1.82, 2.24) is 0 Å². The third kappa shape index (κ3) is 13.0. The van der Waals surface area contributed by atoms with Crippen LogP contribution in [-0.2, 0) is 4.79 Å². The Hall–Kier alpha value is -2.29. The topological polar surface area (TPSA) is 35.5 Å². The molecule has 1 aromatic carbocycles. The molecule has 0 aliphatic rings. The number of methoxy groups -OCH3 is 1. The van der Waals surface area contributed by atoms with Crippen molar-refractivity contribution in [1.29, 1.82) is 0 Å². The first-order chi connectivity index (χ1) is 13.8. The van der Waals surface area contributed by atoms with Gasteiger partial charge in [-0.2, -0.15) is 0 Å². The molecule has 0 saturated carbocycles. The summed E-state index contributed by atoms with van der Waals surface area (Å²) in [5, 5.41) is 0. The number of hydrogen-bond acceptors (Lipinski definition) is 3. The van der Waals surface area contributed by atoms with E-state index in [1.54, 1.807) is 31.4 Å². The Morgan fingerprint density at radius 2 is 1.36 bits per heavy atom. The molecule has 3 heteroatoms. The van der Waals surface area contributed by atoms with Gasteiger partial charge in [0.2, 0.25) is 0 Å². The molecule has 0 aliphatic carbocycles. The summed E-state index contributed by atoms with van der Waals surface area (Å²) in [4.78, 5) is 11.8. The second kappa shape index (κ2) is 16.9. The first kappa shape index (κ1) is 23.7. The predicted octanol–water partition coefficient (Wildman–Crippen LogP) is 7.19. The summed E-state index contributed by atoms with van der Waals surface area (Å²) in [6.07, 6.45) is 23.7. The number of ether oxygens (including phenoxy) is 2. The maximum atomic E-state index is 11.8. The number of unbranched alkanes of at least 4 members (excludes halogenated alkanes) is 5. The highest BCUT2D eigenvalue weighted by atomic mass is 16.5. The molecular formula is C25H36O3. The zero-order valence-electron chi connectivity index (χ0n) is 17.6. The minimum absolute atomic E-state index is 0.161. The van der Waals surface area contributed by atoms with Crippen molar-refractivity contribution in [3.05, 3.63) is 60.7 Å². The standard InChI is InChI=1S/C25H36O3/c1-3-4-5-6-7-8-9-10-11-12-13-14-15-16-17-18-25(26)28-24-21-19-23(27-2)20-22-24/h4-5,7-8,10-11,19-22H,3,6,9,12-18H2,1-2H3/b5-4-,8-7-,11-10-. The summed E-state index contributed by atoms with van der Waals surface area (Å²) in [5.74, 6) is 1.17. The van der Waals surface area contributed by atoms with E-state index < -0.39 is 0 Å². The summed E-state index contributed by atoms with van der Waals surface area (Å²) >= 11 is 0. The van der Waals surface area contributed by atoms with E-state index in [1.807, 2.05) is 0 Å². The number of carbonyl (C=O) groups excluding carboxylic acids is 1. The van der Waals surface area contributed by atoms with Gasteiger partial charge in [0.15, 0.2) is 0 Å². The fraction of sp³-hybridized carbons (Fsp3) is 0.480. The number of carbonyl (C=O) groups is 1. The van der Waals surface area contributed by atoms with Crippen LogP contribution in [0, 0.1) is 0 Å². The summed E-state index contributed by atoms with van der Waals surface area (Å²) in [6, 6.07) is 7.09. The summed E-state index contributed by atoms with van der Waals surface area (Å²) in [5.41, 5.74) is 0. The van der Waals surface area contributed by atoms with Gasteiger partial charge in [-0.15, -0.1) is 0 Å². The van der Waals surface area contributed by atoms with Crippen LogP contribution in [0.2, 0.25) is 0 Å². The molecule has 0 heterocycles. The van der Waals surface area contributed by atoms with E-state index in [-0.39, 0.29) is 5.97 Å². The van der Waals surface area contributed by atoms with Crippen LogP contribution in [-0.4, -0.2) is 13.1 Å². The van der Waals surface area contributed by atoms with E-state index >= 15 is 0 Å². The van der Waals surface area contributed by atoms with Crippen molar-refractivity contribution in [2.75, 3.05) is 7.11 Å². The normalized spacial score (nSPS) is 11.6. The summed E-state index contributed by atoms with van der Waals surface area (Å²) in [6.45, 7) is 2.15. The van der Waals surface area contributed by atoms with E-state index in [0.717, 1.165) is 44.3 Å². The van der Waals surface area contributed by atoms with Gasteiger partial charge >= 0.3 is 5.97 Å². The van der Waals surface area contributed by atoms with Crippen molar-refractivity contribution < 1.29 is 14.3 Å². The van der Waals surface area contributed by atoms with Gasteiger partial charge in [0.05, 0.1) is 7.11 Å². The molecular weight excluding hydrogens is 348 g/mol. The van der Waals surface area contributed by atoms with Gasteiger partial charge < -0.3 is 9.47 Å². The minimum atomic E-state index is -0.161. The number of benzene rings is 1. The quantitative estimate of drug-likeness (QED) is 0.139. The zero-order chi connectivity index (χ0) is 20.3. The SMILES string of the molecule is CC/C=C\C/C=C\C/C=C\CCCCCCCC(=O)Oc1ccc(OC)cc1. The molecule has 0 aliphatic heterocycles. The van der Waals surface area contributed by atoms with Gasteiger partial charge in [0.25, 0.3) is 0 Å². The molecule has 0 bridgehead atoms. The van der Waals surface area contributed by atoms with Crippen molar-refractivity contribution in [2.24, 2.45) is 0 Å². The maximum Gasteiger partial charge on any atom is 0.311 e. The van der Waals surface area contributed by atoms with Crippen LogP contribution in [0.25, 0.3) is 0 Å². The highest BCUT2D eigenvalue weighted by Crippen LogP contribution is 2.18. The Balaban J connectivity index is 1.94. The number of esters is 1. The molecule has 28 heavy (non-hydrogen) atoms. The lowest BCUT2D eigenvalue weighted by Crippen LogP contribution is -2.07. The number of hydrogen-bond donors (Lipinski definition) is 0. The summed E-state index contributed by atoms with van der Waals surface area (Å²) in [7, 11) is 1.61. The van der Waals surface area contributed by atoms with Crippen LogP contribution in [0.3, 0.4) is 0 Å².